The van der Waals surface area contributed by atoms with Gasteiger partial charge in [-0.1, -0.05) is 0 Å². The second-order valence-electron chi connectivity index (χ2n) is 4.07. The van der Waals surface area contributed by atoms with E-state index < -0.39 is 0 Å². The molecule has 1 aromatic rings. The number of H-pyrrole nitrogens is 1. The molecule has 0 spiro atoms. The van der Waals surface area contributed by atoms with Crippen molar-refractivity contribution >= 4 is 5.91 Å². The van der Waals surface area contributed by atoms with Gasteiger partial charge >= 0.3 is 0 Å². The molecule has 1 atom stereocenters. The number of aromatic amines is 1. The second-order valence-corrected chi connectivity index (χ2v) is 4.07. The maximum atomic E-state index is 11.4. The number of rotatable bonds is 8. The normalized spacial score (nSPS) is 12.4. The summed E-state index contributed by atoms with van der Waals surface area (Å²) < 4.78 is 5.08. The fraction of sp³-hybridized carbons (Fsp3) is 0.667. The molecule has 0 aliphatic carbocycles. The molecule has 1 rings (SSSR count). The highest BCUT2D eigenvalue weighted by atomic mass is 16.5. The van der Waals surface area contributed by atoms with Gasteiger partial charge in [0.2, 0.25) is 5.91 Å². The summed E-state index contributed by atoms with van der Waals surface area (Å²) in [7, 11) is 1.66. The van der Waals surface area contributed by atoms with E-state index >= 15 is 0 Å². The molecule has 0 radical (unpaired) electrons. The number of carbonyl (C=O) groups excluding carboxylic acids is 1. The number of methoxy groups -OCH3 is 1. The predicted octanol–water partition coefficient (Wildman–Crippen LogP) is 1.27. The molecule has 96 valence electrons. The van der Waals surface area contributed by atoms with Gasteiger partial charge in [0.25, 0.3) is 0 Å². The molecule has 1 amide bonds. The fourth-order valence-corrected chi connectivity index (χ4v) is 1.46. The van der Waals surface area contributed by atoms with E-state index in [-0.39, 0.29) is 12.0 Å². The van der Waals surface area contributed by atoms with Crippen LogP contribution in [0.5, 0.6) is 0 Å². The Morgan fingerprint density at radius 1 is 1.65 bits per heavy atom. The van der Waals surface area contributed by atoms with E-state index in [9.17, 15) is 4.79 Å². The third kappa shape index (κ3) is 6.06. The van der Waals surface area contributed by atoms with Crippen LogP contribution in [0.4, 0.5) is 0 Å². The number of aromatic nitrogens is 2. The van der Waals surface area contributed by atoms with Crippen molar-refractivity contribution in [3.8, 4) is 0 Å². The van der Waals surface area contributed by atoms with E-state index in [1.54, 1.807) is 19.5 Å². The summed E-state index contributed by atoms with van der Waals surface area (Å²) in [6.45, 7) is 2.66. The number of hydrogen-bond acceptors (Lipinski definition) is 3. The number of ether oxygens (including phenoxy) is 1. The van der Waals surface area contributed by atoms with Crippen molar-refractivity contribution < 1.29 is 9.53 Å². The van der Waals surface area contributed by atoms with Gasteiger partial charge in [-0.3, -0.25) is 4.79 Å². The average Bonchev–Trinajstić information content (AvgIpc) is 2.84. The van der Waals surface area contributed by atoms with Crippen LogP contribution < -0.4 is 5.32 Å². The minimum Gasteiger partial charge on any atom is -0.382 e. The molecule has 5 heteroatoms. The van der Waals surface area contributed by atoms with Crippen molar-refractivity contribution in [3.05, 3.63) is 18.2 Å². The molecule has 0 bridgehead atoms. The van der Waals surface area contributed by atoms with Crippen molar-refractivity contribution in [3.63, 3.8) is 0 Å². The smallest absolute Gasteiger partial charge is 0.220 e. The predicted molar refractivity (Wildman–Crippen MR) is 65.6 cm³/mol. The first kappa shape index (κ1) is 13.7. The molecule has 1 unspecified atom stereocenters. The van der Waals surface area contributed by atoms with E-state index in [1.807, 2.05) is 6.92 Å². The molecule has 0 saturated carbocycles. The van der Waals surface area contributed by atoms with E-state index in [0.29, 0.717) is 13.0 Å². The summed E-state index contributed by atoms with van der Waals surface area (Å²) in [5.74, 6) is 1.06. The highest BCUT2D eigenvalue weighted by Crippen LogP contribution is 1.99. The first-order valence-corrected chi connectivity index (χ1v) is 6.00. The highest BCUT2D eigenvalue weighted by molar-refractivity contribution is 5.75. The lowest BCUT2D eigenvalue weighted by molar-refractivity contribution is -0.121. The minimum absolute atomic E-state index is 0.0911. The molecule has 0 aliphatic heterocycles. The van der Waals surface area contributed by atoms with Crippen LogP contribution in [0.15, 0.2) is 12.4 Å². The Morgan fingerprint density at radius 2 is 2.47 bits per heavy atom. The lowest BCUT2D eigenvalue weighted by atomic mass is 10.2. The Hall–Kier alpha value is -1.36. The Labute approximate surface area is 102 Å². The second kappa shape index (κ2) is 7.84. The molecular formula is C12H21N3O2. The fourth-order valence-electron chi connectivity index (χ4n) is 1.46. The molecule has 2 N–H and O–H groups in total. The zero-order valence-electron chi connectivity index (χ0n) is 10.5. The lowest BCUT2D eigenvalue weighted by Crippen LogP contribution is -2.25. The molecule has 0 aromatic carbocycles. The van der Waals surface area contributed by atoms with Crippen molar-refractivity contribution in [1.82, 2.24) is 15.3 Å². The SMILES string of the molecule is COC(C)CCC(=O)NCCCc1ncc[nH]1. The Morgan fingerprint density at radius 3 is 3.12 bits per heavy atom. The molecule has 0 saturated heterocycles. The summed E-state index contributed by atoms with van der Waals surface area (Å²) >= 11 is 0. The van der Waals surface area contributed by atoms with Crippen LogP contribution >= 0.6 is 0 Å². The van der Waals surface area contributed by atoms with Crippen LogP contribution in [0, 0.1) is 0 Å². The van der Waals surface area contributed by atoms with E-state index in [0.717, 1.165) is 25.1 Å². The van der Waals surface area contributed by atoms with Crippen molar-refractivity contribution in [2.45, 2.75) is 38.7 Å². The third-order valence-electron chi connectivity index (χ3n) is 2.65. The summed E-state index contributed by atoms with van der Waals surface area (Å²) in [5.41, 5.74) is 0. The van der Waals surface area contributed by atoms with Gasteiger partial charge < -0.3 is 15.0 Å². The van der Waals surface area contributed by atoms with Crippen molar-refractivity contribution in [2.75, 3.05) is 13.7 Å². The Kier molecular flexibility index (Phi) is 6.32. The van der Waals surface area contributed by atoms with Gasteiger partial charge in [-0.15, -0.1) is 0 Å². The van der Waals surface area contributed by atoms with E-state index in [4.69, 9.17) is 4.74 Å². The zero-order chi connectivity index (χ0) is 12.5. The molecule has 0 aliphatic rings. The summed E-state index contributed by atoms with van der Waals surface area (Å²) in [5, 5.41) is 2.89. The van der Waals surface area contributed by atoms with Crippen LogP contribution in [0.2, 0.25) is 0 Å². The zero-order valence-corrected chi connectivity index (χ0v) is 10.5. The lowest BCUT2D eigenvalue weighted by Gasteiger charge is -2.09. The van der Waals surface area contributed by atoms with Crippen LogP contribution in [-0.2, 0) is 16.0 Å². The molecule has 17 heavy (non-hydrogen) atoms. The first-order valence-electron chi connectivity index (χ1n) is 6.00. The first-order chi connectivity index (χ1) is 8.22. The van der Waals surface area contributed by atoms with Crippen molar-refractivity contribution in [2.24, 2.45) is 0 Å². The number of hydrogen-bond donors (Lipinski definition) is 2. The molecular weight excluding hydrogens is 218 g/mol. The maximum Gasteiger partial charge on any atom is 0.220 e. The third-order valence-corrected chi connectivity index (χ3v) is 2.65. The standard InChI is InChI=1S/C12H21N3O2/c1-10(17-2)5-6-12(16)15-7-3-4-11-13-8-9-14-11/h8-10H,3-7H2,1-2H3,(H,13,14)(H,15,16). The summed E-state index contributed by atoms with van der Waals surface area (Å²) in [6.07, 6.45) is 6.74. The summed E-state index contributed by atoms with van der Waals surface area (Å²) in [6, 6.07) is 0. The molecule has 0 fully saturated rings. The monoisotopic (exact) mass is 239 g/mol. The van der Waals surface area contributed by atoms with Gasteiger partial charge in [0.15, 0.2) is 0 Å². The highest BCUT2D eigenvalue weighted by Gasteiger charge is 2.05. The largest absolute Gasteiger partial charge is 0.382 e. The van der Waals surface area contributed by atoms with Crippen LogP contribution in [0.25, 0.3) is 0 Å². The number of aryl methyl sites for hydroxylation is 1. The van der Waals surface area contributed by atoms with Gasteiger partial charge in [-0.25, -0.2) is 4.98 Å². The topological polar surface area (TPSA) is 67.0 Å². The van der Waals surface area contributed by atoms with Gasteiger partial charge in [0.1, 0.15) is 5.82 Å². The maximum absolute atomic E-state index is 11.4. The number of nitrogens with one attached hydrogen (secondary N) is 2. The molecule has 5 nitrogen and oxygen atoms in total. The number of amides is 1. The van der Waals surface area contributed by atoms with Crippen LogP contribution in [0.1, 0.15) is 32.0 Å². The van der Waals surface area contributed by atoms with Crippen molar-refractivity contribution in [1.29, 1.82) is 0 Å². The Bertz CT molecular complexity index is 312. The molecule has 1 heterocycles. The summed E-state index contributed by atoms with van der Waals surface area (Å²) in [4.78, 5) is 18.6. The van der Waals surface area contributed by atoms with E-state index in [2.05, 4.69) is 15.3 Å². The number of carbonyl (C=O) groups is 1. The van der Waals surface area contributed by atoms with Crippen LogP contribution in [0.3, 0.4) is 0 Å². The molecule has 1 aromatic heterocycles. The van der Waals surface area contributed by atoms with Crippen LogP contribution in [-0.4, -0.2) is 35.6 Å². The number of nitrogens with zero attached hydrogens (tertiary/aromatic N) is 1. The minimum atomic E-state index is 0.0911. The average molecular weight is 239 g/mol. The number of imidazole rings is 1. The Balaban J connectivity index is 2.00. The van der Waals surface area contributed by atoms with Gasteiger partial charge in [0.05, 0.1) is 6.10 Å². The van der Waals surface area contributed by atoms with Gasteiger partial charge in [-0.2, -0.15) is 0 Å². The van der Waals surface area contributed by atoms with E-state index in [1.165, 1.54) is 0 Å². The van der Waals surface area contributed by atoms with Gasteiger partial charge in [-0.05, 0) is 19.8 Å². The quantitative estimate of drug-likeness (QED) is 0.671. The van der Waals surface area contributed by atoms with Gasteiger partial charge in [0, 0.05) is 38.9 Å².